The molecule has 0 saturated carbocycles. The van der Waals surface area contributed by atoms with E-state index in [9.17, 15) is 9.00 Å². The molecular weight excluding hydrogens is 212 g/mol. The van der Waals surface area contributed by atoms with Gasteiger partial charge in [-0.25, -0.2) is 0 Å². The second kappa shape index (κ2) is 8.85. The maximum absolute atomic E-state index is 11.0. The Bertz CT molecular complexity index is 210. The number of carbonyl (C=O) groups is 1. The Kier molecular flexibility index (Phi) is 8.61. The van der Waals surface area contributed by atoms with E-state index < -0.39 is 10.8 Å². The molecule has 0 saturated heterocycles. The van der Waals surface area contributed by atoms with Crippen molar-refractivity contribution in [1.29, 1.82) is 0 Å². The normalized spacial score (nSPS) is 14.6. The van der Waals surface area contributed by atoms with E-state index in [1.165, 1.54) is 0 Å². The van der Waals surface area contributed by atoms with Crippen LogP contribution in [0.1, 0.15) is 26.7 Å². The zero-order chi connectivity index (χ0) is 11.7. The largest absolute Gasteiger partial charge is 0.356 e. The molecule has 5 heteroatoms. The highest BCUT2D eigenvalue weighted by Gasteiger charge is 2.05. The first-order valence-electron chi connectivity index (χ1n) is 5.37. The number of rotatable bonds is 8. The van der Waals surface area contributed by atoms with Gasteiger partial charge in [-0.2, -0.15) is 0 Å². The molecule has 0 aromatic rings. The van der Waals surface area contributed by atoms with Crippen LogP contribution in [0.3, 0.4) is 0 Å². The predicted molar refractivity (Wildman–Crippen MR) is 64.3 cm³/mol. The van der Waals surface area contributed by atoms with Crippen molar-refractivity contribution in [2.45, 2.75) is 31.9 Å². The van der Waals surface area contributed by atoms with Gasteiger partial charge in [-0.05, 0) is 19.9 Å². The lowest BCUT2D eigenvalue weighted by Crippen LogP contribution is -2.28. The summed E-state index contributed by atoms with van der Waals surface area (Å²) in [4.78, 5) is 11.0. The molecular formula is C10H22N2O2S. The third-order valence-electron chi connectivity index (χ3n) is 2.20. The molecule has 2 atom stereocenters. The van der Waals surface area contributed by atoms with Gasteiger partial charge in [0.2, 0.25) is 5.91 Å². The molecule has 0 radical (unpaired) electrons. The standard InChI is InChI=1S/C10H22N2O2S/c1-4-12-10(13)6-8-11-7-5-9(2)15(3)14/h9,11H,4-8H2,1-3H3,(H,12,13). The molecule has 0 aliphatic carbocycles. The lowest BCUT2D eigenvalue weighted by Gasteiger charge is -2.08. The second-order valence-corrected chi connectivity index (χ2v) is 5.35. The zero-order valence-corrected chi connectivity index (χ0v) is 10.7. The van der Waals surface area contributed by atoms with E-state index in [-0.39, 0.29) is 11.2 Å². The van der Waals surface area contributed by atoms with E-state index in [1.807, 2.05) is 13.8 Å². The van der Waals surface area contributed by atoms with Crippen molar-refractivity contribution in [1.82, 2.24) is 10.6 Å². The lowest BCUT2D eigenvalue weighted by molar-refractivity contribution is -0.120. The first-order chi connectivity index (χ1) is 7.07. The molecule has 0 aliphatic heterocycles. The van der Waals surface area contributed by atoms with Crippen molar-refractivity contribution in [2.75, 3.05) is 25.9 Å². The molecule has 0 spiro atoms. The van der Waals surface area contributed by atoms with Crippen LogP contribution in [-0.2, 0) is 15.6 Å². The number of carbonyl (C=O) groups excluding carboxylic acids is 1. The second-order valence-electron chi connectivity index (χ2n) is 3.55. The number of nitrogens with one attached hydrogen (secondary N) is 2. The lowest BCUT2D eigenvalue weighted by atomic mass is 10.3. The molecule has 0 fully saturated rings. The van der Waals surface area contributed by atoms with Gasteiger partial charge in [0.05, 0.1) is 0 Å². The summed E-state index contributed by atoms with van der Waals surface area (Å²) in [6.07, 6.45) is 3.12. The molecule has 2 N–H and O–H groups in total. The third kappa shape index (κ3) is 8.57. The van der Waals surface area contributed by atoms with Gasteiger partial charge in [0, 0.05) is 41.8 Å². The first kappa shape index (κ1) is 14.6. The zero-order valence-electron chi connectivity index (χ0n) is 9.84. The van der Waals surface area contributed by atoms with E-state index in [2.05, 4.69) is 10.6 Å². The Morgan fingerprint density at radius 3 is 2.60 bits per heavy atom. The van der Waals surface area contributed by atoms with E-state index >= 15 is 0 Å². The summed E-state index contributed by atoms with van der Waals surface area (Å²) in [6, 6.07) is 0. The highest BCUT2D eigenvalue weighted by molar-refractivity contribution is 7.84. The fraction of sp³-hybridized carbons (Fsp3) is 0.900. The maximum Gasteiger partial charge on any atom is 0.221 e. The number of amides is 1. The van der Waals surface area contributed by atoms with Crippen molar-refractivity contribution in [3.05, 3.63) is 0 Å². The monoisotopic (exact) mass is 234 g/mol. The number of hydrogen-bond acceptors (Lipinski definition) is 3. The van der Waals surface area contributed by atoms with Gasteiger partial charge in [-0.1, -0.05) is 6.92 Å². The van der Waals surface area contributed by atoms with Gasteiger partial charge >= 0.3 is 0 Å². The summed E-state index contributed by atoms with van der Waals surface area (Å²) in [6.45, 7) is 6.07. The summed E-state index contributed by atoms with van der Waals surface area (Å²) < 4.78 is 11.0. The van der Waals surface area contributed by atoms with E-state index in [0.29, 0.717) is 19.5 Å². The molecule has 2 unspecified atom stereocenters. The predicted octanol–water partition coefficient (Wildman–Crippen LogP) is 0.259. The maximum atomic E-state index is 11.0. The molecule has 0 aromatic carbocycles. The summed E-state index contributed by atoms with van der Waals surface area (Å²) in [5.41, 5.74) is 0. The minimum atomic E-state index is -0.747. The minimum absolute atomic E-state index is 0.0807. The first-order valence-corrected chi connectivity index (χ1v) is 6.99. The molecule has 1 amide bonds. The van der Waals surface area contributed by atoms with Gasteiger partial charge in [0.15, 0.2) is 0 Å². The Morgan fingerprint density at radius 2 is 2.07 bits per heavy atom. The van der Waals surface area contributed by atoms with Crippen molar-refractivity contribution in [2.24, 2.45) is 0 Å². The molecule has 0 heterocycles. The molecule has 0 rings (SSSR count). The Balaban J connectivity index is 3.32. The fourth-order valence-corrected chi connectivity index (χ4v) is 1.53. The molecule has 0 bridgehead atoms. The summed E-state index contributed by atoms with van der Waals surface area (Å²) >= 11 is 0. The van der Waals surface area contributed by atoms with Gasteiger partial charge in [-0.3, -0.25) is 9.00 Å². The van der Waals surface area contributed by atoms with Crippen LogP contribution in [0.25, 0.3) is 0 Å². The Labute approximate surface area is 94.7 Å². The molecule has 15 heavy (non-hydrogen) atoms. The highest BCUT2D eigenvalue weighted by Crippen LogP contribution is 1.96. The Hall–Kier alpha value is -0.420. The van der Waals surface area contributed by atoms with Crippen LogP contribution in [0.15, 0.2) is 0 Å². The SMILES string of the molecule is CCNC(=O)CCNCCC(C)S(C)=O. The average molecular weight is 234 g/mol. The highest BCUT2D eigenvalue weighted by atomic mass is 32.2. The quantitative estimate of drug-likeness (QED) is 0.592. The van der Waals surface area contributed by atoms with Crippen LogP contribution in [0.5, 0.6) is 0 Å². The van der Waals surface area contributed by atoms with Crippen LogP contribution in [0, 0.1) is 0 Å². The minimum Gasteiger partial charge on any atom is -0.356 e. The Morgan fingerprint density at radius 1 is 1.40 bits per heavy atom. The summed E-state index contributed by atoms with van der Waals surface area (Å²) in [5, 5.41) is 6.13. The third-order valence-corrected chi connectivity index (χ3v) is 3.57. The number of hydrogen-bond donors (Lipinski definition) is 2. The van der Waals surface area contributed by atoms with E-state index in [0.717, 1.165) is 13.0 Å². The average Bonchev–Trinajstić information content (AvgIpc) is 2.17. The van der Waals surface area contributed by atoms with Gasteiger partial charge in [0.25, 0.3) is 0 Å². The van der Waals surface area contributed by atoms with Crippen LogP contribution in [-0.4, -0.2) is 41.3 Å². The fourth-order valence-electron chi connectivity index (χ4n) is 1.08. The topological polar surface area (TPSA) is 58.2 Å². The van der Waals surface area contributed by atoms with E-state index in [1.54, 1.807) is 6.26 Å². The van der Waals surface area contributed by atoms with Crippen LogP contribution in [0.2, 0.25) is 0 Å². The van der Waals surface area contributed by atoms with Crippen molar-refractivity contribution in [3.8, 4) is 0 Å². The van der Waals surface area contributed by atoms with Crippen molar-refractivity contribution < 1.29 is 9.00 Å². The van der Waals surface area contributed by atoms with E-state index in [4.69, 9.17) is 0 Å². The van der Waals surface area contributed by atoms with Crippen LogP contribution < -0.4 is 10.6 Å². The molecule has 4 nitrogen and oxygen atoms in total. The van der Waals surface area contributed by atoms with Gasteiger partial charge in [0.1, 0.15) is 0 Å². The van der Waals surface area contributed by atoms with Crippen molar-refractivity contribution >= 4 is 16.7 Å². The van der Waals surface area contributed by atoms with Crippen LogP contribution >= 0.6 is 0 Å². The van der Waals surface area contributed by atoms with Crippen LogP contribution in [0.4, 0.5) is 0 Å². The molecule has 0 aromatic heterocycles. The van der Waals surface area contributed by atoms with Gasteiger partial charge in [-0.15, -0.1) is 0 Å². The molecule has 0 aliphatic rings. The van der Waals surface area contributed by atoms with Gasteiger partial charge < -0.3 is 10.6 Å². The molecule has 90 valence electrons. The van der Waals surface area contributed by atoms with Crippen molar-refractivity contribution in [3.63, 3.8) is 0 Å². The summed E-state index contributed by atoms with van der Waals surface area (Å²) in [5.74, 6) is 0.0807. The smallest absolute Gasteiger partial charge is 0.221 e. The summed E-state index contributed by atoms with van der Waals surface area (Å²) in [7, 11) is -0.747.